The Morgan fingerprint density at radius 3 is 2.72 bits per heavy atom. The molecule has 1 aliphatic rings. The number of aryl methyl sites for hydroxylation is 1. The van der Waals surface area contributed by atoms with E-state index >= 15 is 0 Å². The fraction of sp³-hybridized carbons (Fsp3) is 0.474. The number of nitrogens with zero attached hydrogens (tertiary/aromatic N) is 3. The van der Waals surface area contributed by atoms with Crippen molar-refractivity contribution in [1.82, 2.24) is 20.3 Å². The number of pyridine rings is 1. The van der Waals surface area contributed by atoms with E-state index < -0.39 is 0 Å². The van der Waals surface area contributed by atoms with Gasteiger partial charge in [0.1, 0.15) is 17.3 Å². The van der Waals surface area contributed by atoms with Crippen molar-refractivity contribution in [3.63, 3.8) is 0 Å². The van der Waals surface area contributed by atoms with Gasteiger partial charge >= 0.3 is 0 Å². The highest BCUT2D eigenvalue weighted by molar-refractivity contribution is 5.92. The molecule has 0 unspecified atom stereocenters. The number of rotatable bonds is 5. The summed E-state index contributed by atoms with van der Waals surface area (Å²) in [6.07, 6.45) is 10.9. The molecule has 2 aromatic rings. The van der Waals surface area contributed by atoms with E-state index in [1.165, 1.54) is 25.7 Å². The Balaban J connectivity index is 1.64. The van der Waals surface area contributed by atoms with E-state index in [4.69, 9.17) is 0 Å². The first-order valence-corrected chi connectivity index (χ1v) is 9.00. The molecule has 0 spiro atoms. The minimum atomic E-state index is -0.196. The van der Waals surface area contributed by atoms with Gasteiger partial charge in [0.15, 0.2) is 0 Å². The van der Waals surface area contributed by atoms with E-state index in [0.29, 0.717) is 24.1 Å². The lowest BCUT2D eigenvalue weighted by Gasteiger charge is -2.17. The van der Waals surface area contributed by atoms with E-state index in [1.54, 1.807) is 18.5 Å². The van der Waals surface area contributed by atoms with Gasteiger partial charge in [0.25, 0.3) is 5.91 Å². The molecule has 25 heavy (non-hydrogen) atoms. The standard InChI is InChI=1S/C19H25N5O/c1-14-22-17(19(25)21-13-15-7-6-10-20-12-15)11-18(23-14)24-16-8-4-2-3-5-9-16/h6-7,10-12,16H,2-5,8-9,13H2,1H3,(H,21,25)(H,22,23,24). The van der Waals surface area contributed by atoms with Crippen LogP contribution in [0.15, 0.2) is 30.6 Å². The van der Waals surface area contributed by atoms with Crippen LogP contribution in [0.5, 0.6) is 0 Å². The predicted molar refractivity (Wildman–Crippen MR) is 97.3 cm³/mol. The molecule has 0 bridgehead atoms. The number of anilines is 1. The molecule has 1 amide bonds. The van der Waals surface area contributed by atoms with Crippen LogP contribution in [0, 0.1) is 6.92 Å². The largest absolute Gasteiger partial charge is 0.367 e. The van der Waals surface area contributed by atoms with Crippen molar-refractivity contribution in [3.8, 4) is 0 Å². The summed E-state index contributed by atoms with van der Waals surface area (Å²) in [6.45, 7) is 2.25. The summed E-state index contributed by atoms with van der Waals surface area (Å²) < 4.78 is 0. The first kappa shape index (κ1) is 17.3. The molecule has 2 heterocycles. The molecule has 132 valence electrons. The molecule has 2 N–H and O–H groups in total. The lowest BCUT2D eigenvalue weighted by atomic mass is 10.1. The van der Waals surface area contributed by atoms with Gasteiger partial charge in [-0.05, 0) is 31.4 Å². The minimum absolute atomic E-state index is 0.196. The molecule has 1 aliphatic carbocycles. The van der Waals surface area contributed by atoms with Gasteiger partial charge in [-0.1, -0.05) is 31.7 Å². The molecule has 0 atom stereocenters. The average Bonchev–Trinajstić information content (AvgIpc) is 2.89. The second kappa shape index (κ2) is 8.55. The average molecular weight is 339 g/mol. The molecule has 1 saturated carbocycles. The molecular formula is C19H25N5O. The maximum absolute atomic E-state index is 12.4. The van der Waals surface area contributed by atoms with E-state index in [1.807, 2.05) is 19.1 Å². The summed E-state index contributed by atoms with van der Waals surface area (Å²) in [5.41, 5.74) is 1.35. The van der Waals surface area contributed by atoms with Crippen LogP contribution in [0.3, 0.4) is 0 Å². The highest BCUT2D eigenvalue weighted by atomic mass is 16.1. The zero-order valence-electron chi connectivity index (χ0n) is 14.7. The maximum atomic E-state index is 12.4. The fourth-order valence-corrected chi connectivity index (χ4v) is 3.17. The number of carbonyl (C=O) groups excluding carboxylic acids is 1. The van der Waals surface area contributed by atoms with Crippen molar-refractivity contribution >= 4 is 11.7 Å². The van der Waals surface area contributed by atoms with Crippen LogP contribution in [-0.4, -0.2) is 26.9 Å². The summed E-state index contributed by atoms with van der Waals surface area (Å²) in [5, 5.41) is 6.38. The first-order chi connectivity index (χ1) is 12.2. The summed E-state index contributed by atoms with van der Waals surface area (Å²) in [6, 6.07) is 5.96. The number of aromatic nitrogens is 3. The smallest absolute Gasteiger partial charge is 0.270 e. The fourth-order valence-electron chi connectivity index (χ4n) is 3.17. The molecule has 6 nitrogen and oxygen atoms in total. The quantitative estimate of drug-likeness (QED) is 0.818. The molecule has 3 rings (SSSR count). The van der Waals surface area contributed by atoms with Crippen LogP contribution >= 0.6 is 0 Å². The van der Waals surface area contributed by atoms with Crippen molar-refractivity contribution in [1.29, 1.82) is 0 Å². The van der Waals surface area contributed by atoms with Gasteiger partial charge in [0.2, 0.25) is 0 Å². The Morgan fingerprint density at radius 1 is 1.20 bits per heavy atom. The summed E-state index contributed by atoms with van der Waals surface area (Å²) in [4.78, 5) is 25.2. The van der Waals surface area contributed by atoms with Crippen molar-refractivity contribution < 1.29 is 4.79 Å². The van der Waals surface area contributed by atoms with Crippen molar-refractivity contribution in [2.75, 3.05) is 5.32 Å². The van der Waals surface area contributed by atoms with E-state index in [2.05, 4.69) is 25.6 Å². The number of hydrogen-bond donors (Lipinski definition) is 2. The molecule has 0 saturated heterocycles. The summed E-state index contributed by atoms with van der Waals surface area (Å²) >= 11 is 0. The van der Waals surface area contributed by atoms with E-state index in [0.717, 1.165) is 24.2 Å². The Labute approximate surface area is 148 Å². The van der Waals surface area contributed by atoms with Crippen molar-refractivity contribution in [3.05, 3.63) is 47.7 Å². The Morgan fingerprint density at radius 2 is 2.00 bits per heavy atom. The monoisotopic (exact) mass is 339 g/mol. The zero-order valence-corrected chi connectivity index (χ0v) is 14.7. The highest BCUT2D eigenvalue weighted by Crippen LogP contribution is 2.20. The first-order valence-electron chi connectivity index (χ1n) is 9.00. The summed E-state index contributed by atoms with van der Waals surface area (Å²) in [7, 11) is 0. The van der Waals surface area contributed by atoms with Crippen molar-refractivity contribution in [2.24, 2.45) is 0 Å². The Hall–Kier alpha value is -2.50. The highest BCUT2D eigenvalue weighted by Gasteiger charge is 2.15. The molecular weight excluding hydrogens is 314 g/mol. The predicted octanol–water partition coefficient (Wildman–Crippen LogP) is 3.24. The van der Waals surface area contributed by atoms with Gasteiger partial charge < -0.3 is 10.6 Å². The third-order valence-corrected chi connectivity index (χ3v) is 4.45. The number of carbonyl (C=O) groups is 1. The molecule has 0 radical (unpaired) electrons. The third kappa shape index (κ3) is 5.24. The number of amides is 1. The second-order valence-electron chi connectivity index (χ2n) is 6.56. The molecule has 1 fully saturated rings. The molecule has 2 aromatic heterocycles. The van der Waals surface area contributed by atoms with E-state index in [9.17, 15) is 4.79 Å². The second-order valence-corrected chi connectivity index (χ2v) is 6.56. The van der Waals surface area contributed by atoms with Gasteiger partial charge in [-0.15, -0.1) is 0 Å². The number of hydrogen-bond acceptors (Lipinski definition) is 5. The number of nitrogens with one attached hydrogen (secondary N) is 2. The third-order valence-electron chi connectivity index (χ3n) is 4.45. The van der Waals surface area contributed by atoms with Gasteiger partial charge in [-0.2, -0.15) is 0 Å². The lowest BCUT2D eigenvalue weighted by Crippen LogP contribution is -2.25. The van der Waals surface area contributed by atoms with Crippen LogP contribution < -0.4 is 10.6 Å². The minimum Gasteiger partial charge on any atom is -0.367 e. The van der Waals surface area contributed by atoms with Crippen LogP contribution in [0.2, 0.25) is 0 Å². The Kier molecular flexibility index (Phi) is 5.93. The van der Waals surface area contributed by atoms with Crippen LogP contribution in [0.1, 0.15) is 60.4 Å². The topological polar surface area (TPSA) is 79.8 Å². The van der Waals surface area contributed by atoms with Crippen molar-refractivity contribution in [2.45, 2.75) is 58.0 Å². The lowest BCUT2D eigenvalue weighted by molar-refractivity contribution is 0.0945. The molecule has 6 heteroatoms. The normalized spacial score (nSPS) is 15.4. The van der Waals surface area contributed by atoms with Crippen LogP contribution in [0.25, 0.3) is 0 Å². The van der Waals surface area contributed by atoms with Crippen LogP contribution in [0.4, 0.5) is 5.82 Å². The Bertz CT molecular complexity index is 696. The molecule has 0 aliphatic heterocycles. The van der Waals surface area contributed by atoms with E-state index in [-0.39, 0.29) is 5.91 Å². The van der Waals surface area contributed by atoms with Gasteiger partial charge in [0.05, 0.1) is 0 Å². The summed E-state index contributed by atoms with van der Waals surface area (Å²) in [5.74, 6) is 1.15. The van der Waals surface area contributed by atoms with Gasteiger partial charge in [0, 0.05) is 31.0 Å². The maximum Gasteiger partial charge on any atom is 0.270 e. The molecule has 0 aromatic carbocycles. The van der Waals surface area contributed by atoms with Crippen LogP contribution in [-0.2, 0) is 6.54 Å². The zero-order chi connectivity index (χ0) is 17.5. The van der Waals surface area contributed by atoms with Gasteiger partial charge in [-0.25, -0.2) is 9.97 Å². The van der Waals surface area contributed by atoms with Gasteiger partial charge in [-0.3, -0.25) is 9.78 Å². The SMILES string of the molecule is Cc1nc(NC2CCCCCC2)cc(C(=O)NCc2cccnc2)n1.